The van der Waals surface area contributed by atoms with Gasteiger partial charge in [-0.15, -0.1) is 0 Å². The normalized spacial score (nSPS) is 18.1. The Morgan fingerprint density at radius 2 is 1.79 bits per heavy atom. The monoisotopic (exact) mass is 395 g/mol. The van der Waals surface area contributed by atoms with Gasteiger partial charge in [0.1, 0.15) is 6.04 Å². The minimum absolute atomic E-state index is 0.210. The van der Waals surface area contributed by atoms with E-state index in [2.05, 4.69) is 10.3 Å². The smallest absolute Gasteiger partial charge is 0.243 e. The molecule has 0 radical (unpaired) electrons. The van der Waals surface area contributed by atoms with Gasteiger partial charge in [-0.05, 0) is 37.1 Å². The minimum Gasteiger partial charge on any atom is -0.323 e. The number of amides is 1. The van der Waals surface area contributed by atoms with Crippen molar-refractivity contribution in [1.29, 1.82) is 0 Å². The lowest BCUT2D eigenvalue weighted by Crippen LogP contribution is -2.49. The van der Waals surface area contributed by atoms with Gasteiger partial charge in [0.2, 0.25) is 15.9 Å². The molecule has 1 saturated heterocycles. The van der Waals surface area contributed by atoms with E-state index in [1.165, 1.54) is 4.31 Å². The first-order chi connectivity index (χ1) is 13.6. The third-order valence-electron chi connectivity index (χ3n) is 5.00. The lowest BCUT2D eigenvalue weighted by atomic mass is 10.0. The molecule has 1 aliphatic rings. The molecule has 1 amide bonds. The second-order valence-electron chi connectivity index (χ2n) is 6.81. The van der Waals surface area contributed by atoms with Gasteiger partial charge in [-0.1, -0.05) is 42.8 Å². The number of nitrogens with one attached hydrogen (secondary N) is 1. The van der Waals surface area contributed by atoms with Crippen LogP contribution in [0, 0.1) is 0 Å². The first-order valence-corrected chi connectivity index (χ1v) is 10.7. The Bertz CT molecular complexity index is 1090. The number of nitrogens with zero attached hydrogens (tertiary/aromatic N) is 2. The number of sulfonamides is 1. The average molecular weight is 395 g/mol. The number of hydrogen-bond donors (Lipinski definition) is 1. The number of piperidine rings is 1. The van der Waals surface area contributed by atoms with E-state index in [9.17, 15) is 13.2 Å². The number of aromatic nitrogens is 1. The summed E-state index contributed by atoms with van der Waals surface area (Å²) in [5.41, 5.74) is 1.28. The molecule has 28 heavy (non-hydrogen) atoms. The molecule has 6 nitrogen and oxygen atoms in total. The van der Waals surface area contributed by atoms with E-state index in [-0.39, 0.29) is 10.8 Å². The van der Waals surface area contributed by atoms with E-state index in [1.807, 2.05) is 24.3 Å². The van der Waals surface area contributed by atoms with E-state index in [0.717, 1.165) is 18.2 Å². The van der Waals surface area contributed by atoms with Gasteiger partial charge < -0.3 is 5.32 Å². The molecule has 0 bridgehead atoms. The third kappa shape index (κ3) is 3.50. The Hall–Kier alpha value is -2.77. The Balaban J connectivity index is 1.63. The molecule has 1 N–H and O–H groups in total. The quantitative estimate of drug-likeness (QED) is 0.734. The highest BCUT2D eigenvalue weighted by atomic mass is 32.2. The van der Waals surface area contributed by atoms with Gasteiger partial charge in [0.15, 0.2) is 0 Å². The number of carbonyl (C=O) groups excluding carboxylic acids is 1. The van der Waals surface area contributed by atoms with Crippen LogP contribution in [0.15, 0.2) is 71.8 Å². The number of hydrogen-bond acceptors (Lipinski definition) is 4. The number of benzene rings is 2. The SMILES string of the molecule is O=C(Nc1cccc2cccnc12)C1CCCCN1S(=O)(=O)c1ccccc1. The molecule has 1 aromatic heterocycles. The lowest BCUT2D eigenvalue weighted by molar-refractivity contribution is -0.120. The fourth-order valence-electron chi connectivity index (χ4n) is 3.60. The average Bonchev–Trinajstić information content (AvgIpc) is 2.74. The molecule has 2 heterocycles. The van der Waals surface area contributed by atoms with Crippen LogP contribution in [0.5, 0.6) is 0 Å². The van der Waals surface area contributed by atoms with Crippen LogP contribution in [-0.4, -0.2) is 36.2 Å². The zero-order valence-electron chi connectivity index (χ0n) is 15.3. The summed E-state index contributed by atoms with van der Waals surface area (Å²) in [4.78, 5) is 17.6. The maximum absolute atomic E-state index is 13.1. The summed E-state index contributed by atoms with van der Waals surface area (Å²) in [7, 11) is -3.73. The van der Waals surface area contributed by atoms with Gasteiger partial charge in [-0.3, -0.25) is 9.78 Å². The van der Waals surface area contributed by atoms with E-state index in [0.29, 0.717) is 24.2 Å². The molecule has 1 atom stereocenters. The molecule has 3 aromatic rings. The second kappa shape index (κ2) is 7.69. The van der Waals surface area contributed by atoms with E-state index < -0.39 is 16.1 Å². The van der Waals surface area contributed by atoms with Crippen LogP contribution in [-0.2, 0) is 14.8 Å². The fraction of sp³-hybridized carbons (Fsp3) is 0.238. The van der Waals surface area contributed by atoms with Crippen LogP contribution in [0.2, 0.25) is 0 Å². The summed E-state index contributed by atoms with van der Waals surface area (Å²) in [6, 6.07) is 16.8. The predicted octanol–water partition coefficient (Wildman–Crippen LogP) is 3.42. The summed E-state index contributed by atoms with van der Waals surface area (Å²) < 4.78 is 27.5. The molecular weight excluding hydrogens is 374 g/mol. The molecule has 7 heteroatoms. The van der Waals surface area contributed by atoms with Crippen molar-refractivity contribution >= 4 is 32.5 Å². The first-order valence-electron chi connectivity index (χ1n) is 9.29. The number of para-hydroxylation sites is 1. The van der Waals surface area contributed by atoms with Gasteiger partial charge >= 0.3 is 0 Å². The Labute approximate surface area is 164 Å². The molecule has 0 spiro atoms. The molecule has 4 rings (SSSR count). The number of carbonyl (C=O) groups is 1. The van der Waals surface area contributed by atoms with Gasteiger partial charge in [-0.2, -0.15) is 4.31 Å². The molecule has 0 aliphatic carbocycles. The van der Waals surface area contributed by atoms with Gasteiger partial charge in [0.05, 0.1) is 16.1 Å². The van der Waals surface area contributed by atoms with Gasteiger partial charge in [-0.25, -0.2) is 8.42 Å². The summed E-state index contributed by atoms with van der Waals surface area (Å²) >= 11 is 0. The summed E-state index contributed by atoms with van der Waals surface area (Å²) in [6.07, 6.45) is 3.72. The second-order valence-corrected chi connectivity index (χ2v) is 8.70. The van der Waals surface area contributed by atoms with Gasteiger partial charge in [0, 0.05) is 18.1 Å². The van der Waals surface area contributed by atoms with Crippen molar-refractivity contribution in [3.63, 3.8) is 0 Å². The number of anilines is 1. The highest BCUT2D eigenvalue weighted by Crippen LogP contribution is 2.27. The molecule has 1 fully saturated rings. The Morgan fingerprint density at radius 1 is 1.00 bits per heavy atom. The molecule has 0 saturated carbocycles. The van der Waals surface area contributed by atoms with E-state index >= 15 is 0 Å². The number of fused-ring (bicyclic) bond motifs is 1. The van der Waals surface area contributed by atoms with Crippen LogP contribution in [0.1, 0.15) is 19.3 Å². The molecule has 1 aliphatic heterocycles. The van der Waals surface area contributed by atoms with Crippen molar-refractivity contribution in [2.24, 2.45) is 0 Å². The molecular formula is C21H21N3O3S. The van der Waals surface area contributed by atoms with Crippen LogP contribution in [0.4, 0.5) is 5.69 Å². The molecule has 1 unspecified atom stereocenters. The highest BCUT2D eigenvalue weighted by Gasteiger charge is 2.37. The minimum atomic E-state index is -3.73. The van der Waals surface area contributed by atoms with Crippen LogP contribution < -0.4 is 5.32 Å². The van der Waals surface area contributed by atoms with Crippen LogP contribution in [0.3, 0.4) is 0 Å². The third-order valence-corrected chi connectivity index (χ3v) is 6.92. The zero-order valence-corrected chi connectivity index (χ0v) is 16.1. The highest BCUT2D eigenvalue weighted by molar-refractivity contribution is 7.89. The standard InChI is InChI=1S/C21H21N3O3S/c25-21(23-18-12-6-8-16-9-7-14-22-20(16)18)19-13-4-5-15-24(19)28(26,27)17-10-2-1-3-11-17/h1-3,6-12,14,19H,4-5,13,15H2,(H,23,25). The van der Waals surface area contributed by atoms with Crippen molar-refractivity contribution in [2.45, 2.75) is 30.2 Å². The largest absolute Gasteiger partial charge is 0.323 e. The van der Waals surface area contributed by atoms with Crippen molar-refractivity contribution in [2.75, 3.05) is 11.9 Å². The number of pyridine rings is 1. The van der Waals surface area contributed by atoms with Gasteiger partial charge in [0.25, 0.3) is 0 Å². The predicted molar refractivity (Wildman–Crippen MR) is 108 cm³/mol. The Kier molecular flexibility index (Phi) is 5.11. The maximum Gasteiger partial charge on any atom is 0.243 e. The summed E-state index contributed by atoms with van der Waals surface area (Å²) in [6.45, 7) is 0.336. The zero-order chi connectivity index (χ0) is 19.6. The summed E-state index contributed by atoms with van der Waals surface area (Å²) in [5.74, 6) is -0.322. The summed E-state index contributed by atoms with van der Waals surface area (Å²) in [5, 5.41) is 3.82. The molecule has 2 aromatic carbocycles. The fourth-order valence-corrected chi connectivity index (χ4v) is 5.28. The van der Waals surface area contributed by atoms with E-state index in [4.69, 9.17) is 0 Å². The van der Waals surface area contributed by atoms with Crippen molar-refractivity contribution in [1.82, 2.24) is 9.29 Å². The van der Waals surface area contributed by atoms with Crippen molar-refractivity contribution < 1.29 is 13.2 Å². The maximum atomic E-state index is 13.1. The first kappa shape index (κ1) is 18.6. The van der Waals surface area contributed by atoms with Crippen LogP contribution in [0.25, 0.3) is 10.9 Å². The lowest BCUT2D eigenvalue weighted by Gasteiger charge is -2.33. The van der Waals surface area contributed by atoms with Crippen molar-refractivity contribution in [3.05, 3.63) is 66.9 Å². The van der Waals surface area contributed by atoms with E-state index in [1.54, 1.807) is 42.6 Å². The molecule has 144 valence electrons. The number of rotatable bonds is 4. The topological polar surface area (TPSA) is 79.4 Å². The van der Waals surface area contributed by atoms with Crippen molar-refractivity contribution in [3.8, 4) is 0 Å². The Morgan fingerprint density at radius 3 is 2.61 bits per heavy atom. The van der Waals surface area contributed by atoms with Crippen LogP contribution >= 0.6 is 0 Å².